The summed E-state index contributed by atoms with van der Waals surface area (Å²) in [6.07, 6.45) is 1.46. The van der Waals surface area contributed by atoms with Gasteiger partial charge in [0.25, 0.3) is 5.91 Å². The minimum absolute atomic E-state index is 0.00926. The quantitative estimate of drug-likeness (QED) is 0.204. The van der Waals surface area contributed by atoms with Crippen molar-refractivity contribution in [1.82, 2.24) is 25.2 Å². The molecule has 1 aromatic carbocycles. The highest BCUT2D eigenvalue weighted by atomic mass is 35.5. The Kier molecular flexibility index (Phi) is 12.5. The zero-order chi connectivity index (χ0) is 41.4. The maximum Gasteiger partial charge on any atom is 0.408 e. The number of halogens is 1. The van der Waals surface area contributed by atoms with Crippen LogP contribution >= 0.6 is 11.6 Å². The van der Waals surface area contributed by atoms with Crippen molar-refractivity contribution in [2.75, 3.05) is 13.2 Å². The molecule has 0 spiro atoms. The van der Waals surface area contributed by atoms with Crippen LogP contribution in [0.5, 0.6) is 11.6 Å². The number of carbonyl (C=O) groups excluding carboxylic acids is 4. The zero-order valence-corrected chi connectivity index (χ0v) is 35.3. The van der Waals surface area contributed by atoms with Gasteiger partial charge >= 0.3 is 16.4 Å². The maximum absolute atomic E-state index is 14.6. The number of fused-ring (bicyclic) bond motifs is 1. The van der Waals surface area contributed by atoms with Gasteiger partial charge in [-0.25, -0.2) is 18.7 Å². The third-order valence-corrected chi connectivity index (χ3v) is 11.6. The van der Waals surface area contributed by atoms with E-state index in [4.69, 9.17) is 30.0 Å². The average molecular weight is 822 g/mol. The van der Waals surface area contributed by atoms with Crippen LogP contribution in [0, 0.1) is 11.3 Å². The van der Waals surface area contributed by atoms with Gasteiger partial charge in [0.2, 0.25) is 17.7 Å². The van der Waals surface area contributed by atoms with Crippen molar-refractivity contribution in [2.24, 2.45) is 11.3 Å². The molecule has 5 atom stereocenters. The van der Waals surface area contributed by atoms with E-state index in [1.165, 1.54) is 4.90 Å². The maximum atomic E-state index is 14.6. The standard InChI is InChI=1S/C39H56ClN5O10S/c1-10-16-38(17-18-38)55-56(50,51)44-34(48)39(21-23(39)11-2)43-32(46)27-19-24(53-28-20-29(52-12-3)41-30-25(28)14-13-15-26(30)40)22-45(27)33(47)31(36(4,5)6)42-35(49)54-37(7,8)9/h13-15,20,23-24,27,31H,10-12,16-19,21-22H2,1-9H3,(H,42,49)(H,43,46)(H,44,48)/t23-,24-,27+,31-,39-/m1/s1. The molecule has 3 aliphatic rings. The SMILES string of the molecule is CCCC1(OS(=O)(=O)NC(=O)[C@@]2(NC(=O)[C@@H]3C[C@@H](Oc4cc(OCC)nc5c(Cl)cccc45)CN3C(=O)[C@@H](NC(=O)OC(C)(C)C)C(C)(C)C)C[C@H]2CC)CC1. The van der Waals surface area contributed by atoms with Gasteiger partial charge < -0.3 is 29.7 Å². The molecule has 3 N–H and O–H groups in total. The monoisotopic (exact) mass is 821 g/mol. The minimum Gasteiger partial charge on any atom is -0.488 e. The lowest BCUT2D eigenvalue weighted by Gasteiger charge is -2.36. The van der Waals surface area contributed by atoms with Crippen molar-refractivity contribution >= 4 is 56.6 Å². The Balaban J connectivity index is 1.46. The summed E-state index contributed by atoms with van der Waals surface area (Å²) in [4.78, 5) is 61.8. The van der Waals surface area contributed by atoms with E-state index in [2.05, 4.69) is 20.3 Å². The molecule has 1 aliphatic heterocycles. The normalized spacial score (nSPS) is 23.5. The molecule has 2 aromatic rings. The van der Waals surface area contributed by atoms with E-state index in [1.54, 1.807) is 65.8 Å². The van der Waals surface area contributed by atoms with Crippen molar-refractivity contribution in [3.8, 4) is 11.6 Å². The Morgan fingerprint density at radius 2 is 1.77 bits per heavy atom. The zero-order valence-electron chi connectivity index (χ0n) is 33.7. The molecule has 5 rings (SSSR count). The Labute approximate surface area is 334 Å². The molecule has 15 nitrogen and oxygen atoms in total. The van der Waals surface area contributed by atoms with E-state index in [9.17, 15) is 27.6 Å². The Morgan fingerprint density at radius 1 is 1.07 bits per heavy atom. The highest BCUT2D eigenvalue weighted by Crippen LogP contribution is 2.48. The third kappa shape index (κ3) is 9.97. The molecule has 17 heteroatoms. The molecule has 310 valence electrons. The number of aromatic nitrogens is 1. The van der Waals surface area contributed by atoms with E-state index in [0.29, 0.717) is 60.4 Å². The van der Waals surface area contributed by atoms with E-state index in [1.807, 2.05) is 20.8 Å². The molecule has 56 heavy (non-hydrogen) atoms. The summed E-state index contributed by atoms with van der Waals surface area (Å²) >= 11 is 6.51. The largest absolute Gasteiger partial charge is 0.488 e. The third-order valence-electron chi connectivity index (χ3n) is 10.3. The van der Waals surface area contributed by atoms with Gasteiger partial charge in [-0.2, -0.15) is 8.42 Å². The van der Waals surface area contributed by atoms with Gasteiger partial charge in [0.15, 0.2) is 0 Å². The Bertz CT molecular complexity index is 1940. The fourth-order valence-corrected chi connectivity index (χ4v) is 8.70. The Morgan fingerprint density at radius 3 is 2.34 bits per heavy atom. The van der Waals surface area contributed by atoms with E-state index in [-0.39, 0.29) is 31.2 Å². The number of para-hydroxylation sites is 1. The molecule has 2 aliphatic carbocycles. The number of ether oxygens (including phenoxy) is 3. The van der Waals surface area contributed by atoms with Crippen molar-refractivity contribution in [2.45, 2.75) is 142 Å². The van der Waals surface area contributed by atoms with Crippen molar-refractivity contribution in [1.29, 1.82) is 0 Å². The van der Waals surface area contributed by atoms with Gasteiger partial charge in [0.1, 0.15) is 35.1 Å². The fourth-order valence-electron chi connectivity index (χ4n) is 7.32. The summed E-state index contributed by atoms with van der Waals surface area (Å²) in [6.45, 7) is 16.3. The van der Waals surface area contributed by atoms with E-state index in [0.717, 1.165) is 0 Å². The molecule has 0 unspecified atom stereocenters. The van der Waals surface area contributed by atoms with Gasteiger partial charge in [0.05, 0.1) is 29.3 Å². The highest BCUT2D eigenvalue weighted by Gasteiger charge is 2.62. The molecular weight excluding hydrogens is 766 g/mol. The number of likely N-dealkylation sites (tertiary alicyclic amines) is 1. The van der Waals surface area contributed by atoms with Crippen LogP contribution in [-0.4, -0.2) is 90.2 Å². The predicted octanol–water partition coefficient (Wildman–Crippen LogP) is 5.57. The first-order chi connectivity index (χ1) is 26.1. The van der Waals surface area contributed by atoms with E-state index < -0.39 is 74.5 Å². The van der Waals surface area contributed by atoms with Crippen LogP contribution in [-0.2, 0) is 33.6 Å². The fraction of sp³-hybridized carbons (Fsp3) is 0.667. The summed E-state index contributed by atoms with van der Waals surface area (Å²) in [5, 5.41) is 6.51. The topological polar surface area (TPSA) is 192 Å². The summed E-state index contributed by atoms with van der Waals surface area (Å²) in [7, 11) is -4.49. The van der Waals surface area contributed by atoms with Gasteiger partial charge in [-0.15, -0.1) is 0 Å². The molecule has 1 saturated heterocycles. The smallest absolute Gasteiger partial charge is 0.408 e. The second-order valence-corrected chi connectivity index (χ2v) is 18.8. The molecule has 1 aromatic heterocycles. The second kappa shape index (κ2) is 16.2. The molecule has 2 heterocycles. The number of rotatable bonds is 15. The molecule has 4 amide bonds. The summed E-state index contributed by atoms with van der Waals surface area (Å²) in [6, 6.07) is 4.52. The van der Waals surface area contributed by atoms with Gasteiger partial charge in [-0.1, -0.05) is 65.1 Å². The minimum atomic E-state index is -4.49. The number of hydrogen-bond acceptors (Lipinski definition) is 11. The second-order valence-electron chi connectivity index (χ2n) is 17.1. The van der Waals surface area contributed by atoms with Crippen LogP contribution in [0.2, 0.25) is 5.02 Å². The number of alkyl carbamates (subject to hydrolysis) is 1. The first kappa shape index (κ1) is 43.2. The summed E-state index contributed by atoms with van der Waals surface area (Å²) < 4.78 is 51.3. The first-order valence-electron chi connectivity index (χ1n) is 19.3. The van der Waals surface area contributed by atoms with Crippen LogP contribution in [0.3, 0.4) is 0 Å². The van der Waals surface area contributed by atoms with Crippen LogP contribution in [0.15, 0.2) is 24.3 Å². The first-order valence-corrected chi connectivity index (χ1v) is 21.1. The Hall–Kier alpha value is -3.89. The predicted molar refractivity (Wildman–Crippen MR) is 209 cm³/mol. The molecule has 2 saturated carbocycles. The summed E-state index contributed by atoms with van der Waals surface area (Å²) in [5.74, 6) is -1.89. The van der Waals surface area contributed by atoms with Crippen molar-refractivity contribution in [3.05, 3.63) is 29.3 Å². The number of hydrogen-bond donors (Lipinski definition) is 3. The van der Waals surface area contributed by atoms with Crippen LogP contribution in [0.1, 0.15) is 107 Å². The molecule has 3 fully saturated rings. The number of pyridine rings is 1. The molecule has 0 radical (unpaired) electrons. The summed E-state index contributed by atoms with van der Waals surface area (Å²) in [5.41, 5.74) is -3.62. The van der Waals surface area contributed by atoms with Gasteiger partial charge in [-0.3, -0.25) is 14.4 Å². The average Bonchev–Trinajstić information content (AvgIpc) is 3.96. The lowest BCUT2D eigenvalue weighted by atomic mass is 9.85. The van der Waals surface area contributed by atoms with Crippen molar-refractivity contribution in [3.63, 3.8) is 0 Å². The lowest BCUT2D eigenvalue weighted by Crippen LogP contribution is -2.60. The number of carbonyl (C=O) groups is 4. The van der Waals surface area contributed by atoms with Crippen LogP contribution in [0.4, 0.5) is 4.79 Å². The van der Waals surface area contributed by atoms with Crippen molar-refractivity contribution < 1.29 is 46.0 Å². The van der Waals surface area contributed by atoms with Gasteiger partial charge in [-0.05, 0) is 76.8 Å². The number of nitrogens with zero attached hydrogens (tertiary/aromatic N) is 2. The lowest BCUT2D eigenvalue weighted by molar-refractivity contribution is -0.143. The number of nitrogens with one attached hydrogen (secondary N) is 3. The molecule has 0 bridgehead atoms. The molecular formula is C39H56ClN5O10S. The number of amides is 4. The highest BCUT2D eigenvalue weighted by molar-refractivity contribution is 7.85. The van der Waals surface area contributed by atoms with E-state index >= 15 is 0 Å². The van der Waals surface area contributed by atoms with Crippen LogP contribution in [0.25, 0.3) is 10.9 Å². The van der Waals surface area contributed by atoms with Crippen LogP contribution < -0.4 is 24.8 Å². The number of benzene rings is 1. The van der Waals surface area contributed by atoms with Gasteiger partial charge in [0, 0.05) is 17.9 Å².